The summed E-state index contributed by atoms with van der Waals surface area (Å²) in [5.74, 6) is 2.00. The molecule has 0 radical (unpaired) electrons. The molecule has 9 nitrogen and oxygen atoms in total. The van der Waals surface area contributed by atoms with Crippen LogP contribution in [0.5, 0.6) is 17.4 Å². The highest BCUT2D eigenvalue weighted by atomic mass is 16.5. The Morgan fingerprint density at radius 2 is 1.56 bits per heavy atom. The average molecular weight is 549 g/mol. The molecule has 0 saturated heterocycles. The first-order valence-corrected chi connectivity index (χ1v) is 13.2. The number of urea groups is 1. The van der Waals surface area contributed by atoms with Crippen LogP contribution in [-0.2, 0) is 12.0 Å². The number of hydrogen-bond donors (Lipinski definition) is 3. The third-order valence-electron chi connectivity index (χ3n) is 6.44. The Morgan fingerprint density at radius 3 is 2.32 bits per heavy atom. The summed E-state index contributed by atoms with van der Waals surface area (Å²) in [7, 11) is 1.58. The van der Waals surface area contributed by atoms with Crippen molar-refractivity contribution < 1.29 is 14.3 Å². The number of aromatic nitrogens is 3. The van der Waals surface area contributed by atoms with Gasteiger partial charge in [0, 0.05) is 29.2 Å². The van der Waals surface area contributed by atoms with E-state index in [0.29, 0.717) is 41.2 Å². The molecule has 0 atom stereocenters. The lowest BCUT2D eigenvalue weighted by Crippen LogP contribution is -2.21. The summed E-state index contributed by atoms with van der Waals surface area (Å²) in [6.45, 7) is 6.85. The number of methoxy groups -OCH3 is 1. The van der Waals surface area contributed by atoms with Crippen molar-refractivity contribution in [3.05, 3.63) is 103 Å². The largest absolute Gasteiger partial charge is 0.495 e. The number of pyridine rings is 1. The first kappa shape index (κ1) is 27.4. The summed E-state index contributed by atoms with van der Waals surface area (Å²) in [6.07, 6.45) is 3.38. The second kappa shape index (κ2) is 11.9. The van der Waals surface area contributed by atoms with Crippen LogP contribution in [0.3, 0.4) is 0 Å². The van der Waals surface area contributed by atoms with Crippen LogP contribution in [-0.4, -0.2) is 28.1 Å². The van der Waals surface area contributed by atoms with Crippen LogP contribution in [0.1, 0.15) is 32.0 Å². The Balaban J connectivity index is 1.33. The summed E-state index contributed by atoms with van der Waals surface area (Å²) < 4.78 is 11.6. The maximum Gasteiger partial charge on any atom is 0.323 e. The molecule has 5 aromatic rings. The number of nitrogens with zero attached hydrogens (tertiary/aromatic N) is 3. The van der Waals surface area contributed by atoms with Crippen LogP contribution in [0.4, 0.5) is 22.1 Å². The molecular weight excluding hydrogens is 516 g/mol. The summed E-state index contributed by atoms with van der Waals surface area (Å²) >= 11 is 0. The zero-order chi connectivity index (χ0) is 28.8. The smallest absolute Gasteiger partial charge is 0.323 e. The van der Waals surface area contributed by atoms with Gasteiger partial charge in [0.25, 0.3) is 0 Å². The Morgan fingerprint density at radius 1 is 0.805 bits per heavy atom. The standard InChI is InChI=1S/C32H32N6O3/c1-32(2,3)21-12-14-28(40-4)26(19-21)37-31(39)36-25-13-15-27(24-11-6-5-10-23(24)25)41-29-16-18-34-30(38-29)35-20-22-9-7-8-17-33-22/h5-19H,20H2,1-4H3,(H,34,35,38)(H2,36,37,39). The molecule has 0 fully saturated rings. The molecule has 0 aliphatic heterocycles. The zero-order valence-electron chi connectivity index (χ0n) is 23.4. The Hall–Kier alpha value is -5.18. The van der Waals surface area contributed by atoms with Gasteiger partial charge in [0.15, 0.2) is 0 Å². The summed E-state index contributed by atoms with van der Waals surface area (Å²) in [6, 6.07) is 24.2. The lowest BCUT2D eigenvalue weighted by molar-refractivity contribution is 0.262. The molecule has 2 amide bonds. The molecule has 0 unspecified atom stereocenters. The van der Waals surface area contributed by atoms with E-state index in [2.05, 4.69) is 51.7 Å². The lowest BCUT2D eigenvalue weighted by atomic mass is 9.87. The SMILES string of the molecule is COc1ccc(C(C)(C)C)cc1NC(=O)Nc1ccc(Oc2ccnc(NCc3ccccn3)n2)c2ccccc12. The van der Waals surface area contributed by atoms with Gasteiger partial charge < -0.3 is 25.4 Å². The second-order valence-corrected chi connectivity index (χ2v) is 10.4. The van der Waals surface area contributed by atoms with E-state index in [-0.39, 0.29) is 11.4 Å². The van der Waals surface area contributed by atoms with Gasteiger partial charge in [-0.05, 0) is 47.4 Å². The van der Waals surface area contributed by atoms with E-state index < -0.39 is 0 Å². The van der Waals surface area contributed by atoms with E-state index in [4.69, 9.17) is 9.47 Å². The van der Waals surface area contributed by atoms with Gasteiger partial charge in [-0.3, -0.25) is 4.98 Å². The van der Waals surface area contributed by atoms with Crippen molar-refractivity contribution >= 4 is 34.1 Å². The minimum absolute atomic E-state index is 0.0786. The lowest BCUT2D eigenvalue weighted by Gasteiger charge is -2.21. The summed E-state index contributed by atoms with van der Waals surface area (Å²) in [5.41, 5.74) is 3.11. The molecule has 0 bridgehead atoms. The molecule has 3 N–H and O–H groups in total. The molecule has 9 heteroatoms. The Kier molecular flexibility index (Phi) is 7.96. The van der Waals surface area contributed by atoms with E-state index in [1.54, 1.807) is 25.6 Å². The van der Waals surface area contributed by atoms with Crippen molar-refractivity contribution in [1.29, 1.82) is 0 Å². The first-order valence-electron chi connectivity index (χ1n) is 13.2. The molecule has 5 rings (SSSR count). The Bertz CT molecular complexity index is 1670. The fourth-order valence-electron chi connectivity index (χ4n) is 4.29. The number of amides is 2. The number of benzene rings is 3. The van der Waals surface area contributed by atoms with Gasteiger partial charge in [-0.25, -0.2) is 9.78 Å². The first-order chi connectivity index (χ1) is 19.8. The fraction of sp³-hybridized carbons (Fsp3) is 0.188. The summed E-state index contributed by atoms with van der Waals surface area (Å²) in [4.78, 5) is 26.2. The van der Waals surface area contributed by atoms with Gasteiger partial charge in [0.2, 0.25) is 11.8 Å². The number of carbonyl (C=O) groups is 1. The average Bonchev–Trinajstić information content (AvgIpc) is 2.97. The molecule has 41 heavy (non-hydrogen) atoms. The van der Waals surface area contributed by atoms with E-state index in [1.807, 2.05) is 72.8 Å². The fourth-order valence-corrected chi connectivity index (χ4v) is 4.29. The van der Waals surface area contributed by atoms with Gasteiger partial charge in [-0.2, -0.15) is 4.98 Å². The maximum atomic E-state index is 13.1. The van der Waals surface area contributed by atoms with Crippen molar-refractivity contribution in [2.24, 2.45) is 0 Å². The van der Waals surface area contributed by atoms with Crippen LogP contribution >= 0.6 is 0 Å². The highest BCUT2D eigenvalue weighted by Crippen LogP contribution is 2.35. The highest BCUT2D eigenvalue weighted by Gasteiger charge is 2.18. The quantitative estimate of drug-likeness (QED) is 0.186. The minimum atomic E-state index is -0.382. The van der Waals surface area contributed by atoms with E-state index in [1.165, 1.54) is 0 Å². The molecule has 0 saturated carbocycles. The van der Waals surface area contributed by atoms with Crippen molar-refractivity contribution in [3.8, 4) is 17.4 Å². The van der Waals surface area contributed by atoms with Crippen LogP contribution in [0.25, 0.3) is 10.8 Å². The number of fused-ring (bicyclic) bond motifs is 1. The van der Waals surface area contributed by atoms with Crippen molar-refractivity contribution in [2.75, 3.05) is 23.1 Å². The monoisotopic (exact) mass is 548 g/mol. The molecule has 2 heterocycles. The third-order valence-corrected chi connectivity index (χ3v) is 6.44. The molecule has 208 valence electrons. The normalized spacial score (nSPS) is 11.1. The van der Waals surface area contributed by atoms with Gasteiger partial charge in [0.05, 0.1) is 30.7 Å². The Labute approximate surface area is 239 Å². The minimum Gasteiger partial charge on any atom is -0.495 e. The zero-order valence-corrected chi connectivity index (χ0v) is 23.4. The molecule has 3 aromatic carbocycles. The summed E-state index contributed by atoms with van der Waals surface area (Å²) in [5, 5.41) is 10.7. The van der Waals surface area contributed by atoms with Crippen molar-refractivity contribution in [1.82, 2.24) is 15.0 Å². The maximum absolute atomic E-state index is 13.1. The van der Waals surface area contributed by atoms with Crippen molar-refractivity contribution in [2.45, 2.75) is 32.7 Å². The van der Waals surface area contributed by atoms with E-state index >= 15 is 0 Å². The molecule has 2 aromatic heterocycles. The number of rotatable bonds is 8. The predicted octanol–water partition coefficient (Wildman–Crippen LogP) is 7.38. The van der Waals surface area contributed by atoms with Crippen LogP contribution < -0.4 is 25.4 Å². The number of nitrogens with one attached hydrogen (secondary N) is 3. The second-order valence-electron chi connectivity index (χ2n) is 10.4. The molecular formula is C32H32N6O3. The van der Waals surface area contributed by atoms with Gasteiger partial charge >= 0.3 is 6.03 Å². The van der Waals surface area contributed by atoms with E-state index in [9.17, 15) is 4.79 Å². The van der Waals surface area contributed by atoms with E-state index in [0.717, 1.165) is 22.0 Å². The third kappa shape index (κ3) is 6.70. The molecule has 0 aliphatic rings. The van der Waals surface area contributed by atoms with Crippen molar-refractivity contribution in [3.63, 3.8) is 0 Å². The predicted molar refractivity (Wildman–Crippen MR) is 162 cm³/mol. The molecule has 0 aliphatic carbocycles. The van der Waals surface area contributed by atoms with Crippen LogP contribution in [0.15, 0.2) is 91.3 Å². The van der Waals surface area contributed by atoms with Crippen LogP contribution in [0, 0.1) is 0 Å². The van der Waals surface area contributed by atoms with Crippen LogP contribution in [0.2, 0.25) is 0 Å². The van der Waals surface area contributed by atoms with Gasteiger partial charge in [0.1, 0.15) is 11.5 Å². The number of carbonyl (C=O) groups excluding carboxylic acids is 1. The number of ether oxygens (including phenoxy) is 2. The van der Waals surface area contributed by atoms with Gasteiger partial charge in [-0.1, -0.05) is 57.2 Å². The molecule has 0 spiro atoms. The highest BCUT2D eigenvalue weighted by molar-refractivity contribution is 6.08. The number of anilines is 3. The van der Waals surface area contributed by atoms with Gasteiger partial charge in [-0.15, -0.1) is 0 Å². The topological polar surface area (TPSA) is 110 Å². The number of hydrogen-bond acceptors (Lipinski definition) is 7.